The van der Waals surface area contributed by atoms with E-state index in [4.69, 9.17) is 23.3 Å². The van der Waals surface area contributed by atoms with E-state index in [0.29, 0.717) is 0 Å². The maximum absolute atomic E-state index is 12.6. The van der Waals surface area contributed by atoms with Crippen molar-refractivity contribution in [1.29, 1.82) is 0 Å². The molecule has 0 spiro atoms. The highest BCUT2D eigenvalue weighted by molar-refractivity contribution is 6.33. The second kappa shape index (κ2) is 5.94. The quantitative estimate of drug-likeness (QED) is 0.674. The van der Waals surface area contributed by atoms with Crippen molar-refractivity contribution in [3.63, 3.8) is 0 Å². The molecular weight excluding hydrogens is 322 g/mol. The molecule has 6 nitrogen and oxygen atoms in total. The Morgan fingerprint density at radius 3 is 2.57 bits per heavy atom. The van der Waals surface area contributed by atoms with Crippen LogP contribution in [0.3, 0.4) is 0 Å². The lowest BCUT2D eigenvalue weighted by Crippen LogP contribution is -2.47. The smallest absolute Gasteiger partial charge is 0.313 e. The van der Waals surface area contributed by atoms with Crippen molar-refractivity contribution in [3.8, 4) is 0 Å². The van der Waals surface area contributed by atoms with E-state index >= 15 is 0 Å². The molecule has 2 rings (SSSR count). The number of carboxylic acid groups (broad SMARTS) is 1. The van der Waals surface area contributed by atoms with Gasteiger partial charge in [-0.3, -0.25) is 24.0 Å². The number of benzene rings is 1. The summed E-state index contributed by atoms with van der Waals surface area (Å²) in [6.07, 6.45) is -0.922. The van der Waals surface area contributed by atoms with Crippen LogP contribution in [-0.4, -0.2) is 28.4 Å². The highest BCUT2D eigenvalue weighted by Crippen LogP contribution is 2.40. The summed E-state index contributed by atoms with van der Waals surface area (Å²) >= 11 is 5.87. The molecule has 1 aliphatic carbocycles. The first-order valence-corrected chi connectivity index (χ1v) is 7.12. The van der Waals surface area contributed by atoms with Crippen LogP contribution in [0.1, 0.15) is 35.7 Å². The summed E-state index contributed by atoms with van der Waals surface area (Å²) < 4.78 is 0. The summed E-state index contributed by atoms with van der Waals surface area (Å²) in [7, 11) is 0. The van der Waals surface area contributed by atoms with Gasteiger partial charge < -0.3 is 5.11 Å². The van der Waals surface area contributed by atoms with Crippen molar-refractivity contribution in [2.75, 3.05) is 0 Å². The van der Waals surface area contributed by atoms with E-state index in [1.165, 1.54) is 25.1 Å². The molecule has 0 saturated heterocycles. The van der Waals surface area contributed by atoms with Gasteiger partial charge in [0.2, 0.25) is 5.78 Å². The summed E-state index contributed by atoms with van der Waals surface area (Å²) in [5, 5.41) is 8.89. The third-order valence-electron chi connectivity index (χ3n) is 3.91. The third-order valence-corrected chi connectivity index (χ3v) is 4.14. The summed E-state index contributed by atoms with van der Waals surface area (Å²) in [5.41, 5.74) is -1.39. The molecule has 118 valence electrons. The molecule has 2 atom stereocenters. The zero-order chi connectivity index (χ0) is 17.4. The lowest BCUT2D eigenvalue weighted by Gasteiger charge is -2.28. The second-order valence-corrected chi connectivity index (χ2v) is 5.83. The Morgan fingerprint density at radius 1 is 1.35 bits per heavy atom. The number of rotatable bonds is 4. The third kappa shape index (κ3) is 2.76. The van der Waals surface area contributed by atoms with Gasteiger partial charge in [0.25, 0.3) is 0 Å². The van der Waals surface area contributed by atoms with E-state index in [1.54, 1.807) is 0 Å². The zero-order valence-electron chi connectivity index (χ0n) is 12.1. The van der Waals surface area contributed by atoms with Crippen LogP contribution in [0.15, 0.2) is 18.2 Å². The number of hydrogen-bond donors (Lipinski definition) is 1. The topological polar surface area (TPSA) is 92.9 Å². The number of carbonyl (C=O) groups excluding carboxylic acids is 3. The zero-order valence-corrected chi connectivity index (χ0v) is 12.9. The Morgan fingerprint density at radius 2 is 2.00 bits per heavy atom. The van der Waals surface area contributed by atoms with Gasteiger partial charge in [0.05, 0.1) is 12.0 Å². The van der Waals surface area contributed by atoms with E-state index in [1.807, 2.05) is 0 Å². The Labute approximate surface area is 136 Å². The number of carboxylic acids is 1. The van der Waals surface area contributed by atoms with Gasteiger partial charge in [-0.25, -0.2) is 6.57 Å². The monoisotopic (exact) mass is 333 g/mol. The Kier molecular flexibility index (Phi) is 4.35. The van der Waals surface area contributed by atoms with Crippen molar-refractivity contribution >= 4 is 34.9 Å². The molecule has 0 amide bonds. The molecule has 0 heterocycles. The number of hydrogen-bond acceptors (Lipinski definition) is 4. The predicted octanol–water partition coefficient (Wildman–Crippen LogP) is 2.29. The minimum Gasteiger partial charge on any atom is -0.481 e. The van der Waals surface area contributed by atoms with Crippen LogP contribution in [0.25, 0.3) is 4.85 Å². The summed E-state index contributed by atoms with van der Waals surface area (Å²) in [6, 6.07) is 4.23. The van der Waals surface area contributed by atoms with Crippen LogP contribution in [-0.2, 0) is 19.9 Å². The predicted molar refractivity (Wildman–Crippen MR) is 80.1 cm³/mol. The molecule has 0 aliphatic heterocycles. The van der Waals surface area contributed by atoms with Gasteiger partial charge in [-0.15, -0.1) is 0 Å². The van der Waals surface area contributed by atoms with Crippen molar-refractivity contribution in [2.45, 2.75) is 25.3 Å². The van der Waals surface area contributed by atoms with E-state index < -0.39 is 47.6 Å². The molecule has 0 radical (unpaired) electrons. The normalized spacial score (nSPS) is 23.1. The molecule has 0 bridgehead atoms. The first-order chi connectivity index (χ1) is 10.7. The lowest BCUT2D eigenvalue weighted by molar-refractivity contribution is -0.140. The maximum Gasteiger partial charge on any atom is 0.313 e. The van der Waals surface area contributed by atoms with E-state index in [9.17, 15) is 19.2 Å². The highest BCUT2D eigenvalue weighted by atomic mass is 35.5. The fraction of sp³-hybridized carbons (Fsp3) is 0.312. The molecule has 7 heteroatoms. The van der Waals surface area contributed by atoms with Crippen LogP contribution < -0.4 is 0 Å². The largest absolute Gasteiger partial charge is 0.481 e. The molecule has 0 fully saturated rings. The first kappa shape index (κ1) is 16.8. The SMILES string of the molecule is [C-]#[N+]C1(C)C(=O)C(C(=O)CCC(=O)O)C(=O)c2cc(Cl)ccc21. The Bertz CT molecular complexity index is 779. The number of fused-ring (bicyclic) bond motifs is 1. The van der Waals surface area contributed by atoms with Crippen LogP contribution in [0.5, 0.6) is 0 Å². The van der Waals surface area contributed by atoms with Crippen LogP contribution in [0, 0.1) is 12.5 Å². The molecule has 1 N–H and O–H groups in total. The number of halogens is 1. The van der Waals surface area contributed by atoms with E-state index in [2.05, 4.69) is 4.85 Å². The number of nitrogens with zero attached hydrogens (tertiary/aromatic N) is 1. The second-order valence-electron chi connectivity index (χ2n) is 5.40. The highest BCUT2D eigenvalue weighted by Gasteiger charge is 2.56. The number of Topliss-reactive ketones (excluding diaryl/α,β-unsaturated/α-hetero) is 3. The maximum atomic E-state index is 12.6. The number of aliphatic carboxylic acids is 1. The van der Waals surface area contributed by atoms with Gasteiger partial charge in [0.1, 0.15) is 5.92 Å². The van der Waals surface area contributed by atoms with Gasteiger partial charge in [-0.1, -0.05) is 11.6 Å². The molecule has 1 aliphatic rings. The molecule has 23 heavy (non-hydrogen) atoms. The van der Waals surface area contributed by atoms with Crippen LogP contribution in [0.4, 0.5) is 0 Å². The molecule has 2 unspecified atom stereocenters. The summed E-state index contributed by atoms with van der Waals surface area (Å²) in [5.74, 6) is -5.19. The summed E-state index contributed by atoms with van der Waals surface area (Å²) in [4.78, 5) is 51.2. The van der Waals surface area contributed by atoms with Crippen molar-refractivity contribution in [2.24, 2.45) is 5.92 Å². The standard InChI is InChI=1S/C16H12ClNO5/c1-16(18-2)10-4-3-8(17)7-9(10)14(22)13(15(16)23)11(19)5-6-12(20)21/h3-4,7,13H,5-6H2,1H3,(H,20,21). The number of carbonyl (C=O) groups is 4. The van der Waals surface area contributed by atoms with Crippen LogP contribution in [0.2, 0.25) is 5.02 Å². The minimum atomic E-state index is -1.67. The van der Waals surface area contributed by atoms with E-state index in [-0.39, 0.29) is 16.1 Å². The van der Waals surface area contributed by atoms with Crippen molar-refractivity contribution in [1.82, 2.24) is 0 Å². The van der Waals surface area contributed by atoms with Crippen LogP contribution >= 0.6 is 11.6 Å². The van der Waals surface area contributed by atoms with Gasteiger partial charge >= 0.3 is 11.5 Å². The fourth-order valence-electron chi connectivity index (χ4n) is 2.62. The first-order valence-electron chi connectivity index (χ1n) is 6.74. The summed E-state index contributed by atoms with van der Waals surface area (Å²) in [6.45, 7) is 8.68. The molecule has 0 aromatic heterocycles. The molecule has 1 aromatic carbocycles. The average Bonchev–Trinajstić information content (AvgIpc) is 2.50. The molecule has 1 aromatic rings. The van der Waals surface area contributed by atoms with Gasteiger partial charge in [0, 0.05) is 23.9 Å². The van der Waals surface area contributed by atoms with Gasteiger partial charge in [-0.05, 0) is 18.2 Å². The average molecular weight is 334 g/mol. The van der Waals surface area contributed by atoms with Crippen molar-refractivity contribution < 1.29 is 24.3 Å². The Balaban J connectivity index is 2.54. The molecule has 0 saturated carbocycles. The number of ketones is 3. The molecular formula is C16H12ClNO5. The lowest BCUT2D eigenvalue weighted by atomic mass is 9.69. The fourth-order valence-corrected chi connectivity index (χ4v) is 2.79. The van der Waals surface area contributed by atoms with E-state index in [0.717, 1.165) is 0 Å². The minimum absolute atomic E-state index is 0.0595. The van der Waals surface area contributed by atoms with Crippen molar-refractivity contribution in [3.05, 3.63) is 45.8 Å². The van der Waals surface area contributed by atoms with Gasteiger partial charge in [0.15, 0.2) is 11.6 Å². The Hall–Kier alpha value is -2.52. The van der Waals surface area contributed by atoms with Gasteiger partial charge in [-0.2, -0.15) is 0 Å².